The Kier molecular flexibility index (Phi) is 16.5. The Bertz CT molecular complexity index is 1630. The summed E-state index contributed by atoms with van der Waals surface area (Å²) in [4.78, 5) is 26.6. The third kappa shape index (κ3) is 13.3. The van der Waals surface area contributed by atoms with Crippen molar-refractivity contribution in [3.63, 3.8) is 0 Å². The van der Waals surface area contributed by atoms with Crippen molar-refractivity contribution < 1.29 is 41.1 Å². The van der Waals surface area contributed by atoms with Gasteiger partial charge in [0.2, 0.25) is 6.79 Å². The van der Waals surface area contributed by atoms with Gasteiger partial charge in [-0.15, -0.1) is 0 Å². The number of fused-ring (bicyclic) bond motifs is 1. The maximum atomic E-state index is 13.4. The molecule has 1 saturated carbocycles. The number of anilines is 1. The van der Waals surface area contributed by atoms with Crippen molar-refractivity contribution in [1.82, 2.24) is 9.55 Å². The Labute approximate surface area is 306 Å². The highest BCUT2D eigenvalue weighted by atomic mass is 35.5. The second kappa shape index (κ2) is 20.3. The lowest BCUT2D eigenvalue weighted by Gasteiger charge is -2.31. The smallest absolute Gasteiger partial charge is 0.346 e. The molecule has 0 spiro atoms. The molecular weight excluding hydrogens is 722 g/mol. The number of aromatic nitrogens is 2. The normalized spacial score (nSPS) is 21.6. The number of ether oxygens (including phenoxy) is 2. The van der Waals surface area contributed by atoms with Crippen molar-refractivity contribution in [3.8, 4) is 6.07 Å². The van der Waals surface area contributed by atoms with Crippen LogP contribution in [0, 0.1) is 11.3 Å². The first kappa shape index (κ1) is 41.5. The van der Waals surface area contributed by atoms with Gasteiger partial charge < -0.3 is 24.3 Å². The predicted octanol–water partition coefficient (Wildman–Crippen LogP) is 8.71. The summed E-state index contributed by atoms with van der Waals surface area (Å²) >= 11 is 6.34. The third-order valence-corrected chi connectivity index (χ3v) is 14.1. The van der Waals surface area contributed by atoms with Gasteiger partial charge in [-0.1, -0.05) is 95.6 Å². The number of hydrogen-bond donors (Lipinski definition) is 2. The number of hydrogen-bond acceptors (Lipinski definition) is 10. The van der Waals surface area contributed by atoms with Crippen LogP contribution in [0.5, 0.6) is 0 Å². The van der Waals surface area contributed by atoms with E-state index in [-0.39, 0.29) is 23.2 Å². The average Bonchev–Trinajstić information content (AvgIpc) is 3.68. The first-order chi connectivity index (χ1) is 24.4. The Morgan fingerprint density at radius 1 is 1.12 bits per heavy atom. The number of nitriles is 1. The molecule has 4 rings (SSSR count). The van der Waals surface area contributed by atoms with Gasteiger partial charge in [-0.2, -0.15) is 5.26 Å². The number of nitrogens with one attached hydrogen (secondary N) is 1. The number of pyridine rings is 1. The van der Waals surface area contributed by atoms with E-state index in [1.807, 2.05) is 0 Å². The number of nitrogens with zero attached hydrogens (tertiary/aromatic N) is 3. The van der Waals surface area contributed by atoms with Gasteiger partial charge in [-0.3, -0.25) is 13.9 Å². The lowest BCUT2D eigenvalue weighted by Crippen LogP contribution is -2.36. The molecular formula is C35H53ClFN4O8PS. The number of rotatable bonds is 24. The van der Waals surface area contributed by atoms with E-state index in [4.69, 9.17) is 25.6 Å². The molecule has 0 amide bonds. The molecule has 2 aliphatic rings. The SMILES string of the molecule is CCCCCCCCCCCCCCCC(=O)OCOP(=O)(O)CS(=O)(=O)C[C@@H]1CC[C@H](n2ccc3c(NC4CC(F)C4)c(C#N)c(Cl)nc32)O1. The summed E-state index contributed by atoms with van der Waals surface area (Å²) in [7, 11) is -8.73. The van der Waals surface area contributed by atoms with Gasteiger partial charge in [0.05, 0.1) is 17.5 Å². The standard InChI is InChI=1S/C35H53ClFN4O8PS/c1-2-3-4-5-6-7-8-9-10-11-12-13-14-15-32(42)47-24-48-50(43,44)25-51(45,46)23-28-16-17-31(49-28)41-19-18-29-33(39-27-20-26(37)21-27)30(22-38)34(36)40-35(29)41/h18-19,26-28,31H,2-17,20-21,23-25H2,1H3,(H,39,40)(H,43,44)/t26?,27?,28-,31+/m0/s1. The molecule has 3 atom stereocenters. The van der Waals surface area contributed by atoms with E-state index in [9.17, 15) is 32.3 Å². The van der Waals surface area contributed by atoms with Crippen LogP contribution >= 0.6 is 19.2 Å². The van der Waals surface area contributed by atoms with E-state index in [1.165, 1.54) is 57.8 Å². The summed E-state index contributed by atoms with van der Waals surface area (Å²) < 4.78 is 69.2. The molecule has 2 aromatic heterocycles. The second-order valence-electron chi connectivity index (χ2n) is 13.9. The summed E-state index contributed by atoms with van der Waals surface area (Å²) in [5.41, 5.74) is -0.106. The number of carbonyl (C=O) groups excluding carboxylic acids is 1. The monoisotopic (exact) mass is 774 g/mol. The van der Waals surface area contributed by atoms with Crippen LogP contribution in [-0.4, -0.2) is 65.2 Å². The van der Waals surface area contributed by atoms with E-state index in [0.717, 1.165) is 19.3 Å². The Balaban J connectivity index is 1.13. The van der Waals surface area contributed by atoms with Gasteiger partial charge in [0.1, 0.15) is 29.7 Å². The molecule has 0 bridgehead atoms. The Morgan fingerprint density at radius 2 is 1.75 bits per heavy atom. The van der Waals surface area contributed by atoms with Gasteiger partial charge in [0.25, 0.3) is 0 Å². The van der Waals surface area contributed by atoms with E-state index in [0.29, 0.717) is 48.8 Å². The highest BCUT2D eigenvalue weighted by molar-refractivity contribution is 7.97. The molecule has 0 aromatic carbocycles. The van der Waals surface area contributed by atoms with Gasteiger partial charge in [0.15, 0.2) is 20.5 Å². The molecule has 1 unspecified atom stereocenters. The van der Waals surface area contributed by atoms with Crippen molar-refractivity contribution >= 4 is 51.7 Å². The van der Waals surface area contributed by atoms with E-state index >= 15 is 0 Å². The van der Waals surface area contributed by atoms with Crippen LogP contribution in [0.4, 0.5) is 10.1 Å². The second-order valence-corrected chi connectivity index (χ2v) is 18.6. The molecule has 1 aliphatic carbocycles. The summed E-state index contributed by atoms with van der Waals surface area (Å²) in [5, 5.41) is 13.5. The molecule has 0 radical (unpaired) electrons. The van der Waals surface area contributed by atoms with Crippen LogP contribution < -0.4 is 5.32 Å². The molecule has 1 saturated heterocycles. The topological polar surface area (TPSA) is 170 Å². The zero-order valence-electron chi connectivity index (χ0n) is 29.6. The largest absolute Gasteiger partial charge is 0.438 e. The lowest BCUT2D eigenvalue weighted by atomic mass is 9.90. The van der Waals surface area contributed by atoms with Crippen LogP contribution in [-0.2, 0) is 33.2 Å². The fourth-order valence-electron chi connectivity index (χ4n) is 6.66. The van der Waals surface area contributed by atoms with E-state index in [1.54, 1.807) is 16.8 Å². The maximum absolute atomic E-state index is 13.4. The van der Waals surface area contributed by atoms with Crippen molar-refractivity contribution in [2.24, 2.45) is 0 Å². The first-order valence-corrected chi connectivity index (χ1v) is 22.4. The number of unbranched alkanes of at least 4 members (excludes halogenated alkanes) is 12. The molecule has 1 aliphatic heterocycles. The van der Waals surface area contributed by atoms with Crippen molar-refractivity contribution in [2.45, 2.75) is 147 Å². The summed E-state index contributed by atoms with van der Waals surface area (Å²) in [6.45, 7) is 1.42. The van der Waals surface area contributed by atoms with Gasteiger partial charge in [-0.25, -0.2) is 17.8 Å². The van der Waals surface area contributed by atoms with Gasteiger partial charge in [-0.05, 0) is 38.2 Å². The Morgan fingerprint density at radius 3 is 2.35 bits per heavy atom. The van der Waals surface area contributed by atoms with Crippen LogP contribution in [0.2, 0.25) is 5.15 Å². The molecule has 16 heteroatoms. The zero-order valence-corrected chi connectivity index (χ0v) is 32.0. The molecule has 12 nitrogen and oxygen atoms in total. The molecule has 2 fully saturated rings. The number of halogens is 2. The number of carbonyl (C=O) groups is 1. The van der Waals surface area contributed by atoms with Gasteiger partial charge >= 0.3 is 13.6 Å². The maximum Gasteiger partial charge on any atom is 0.346 e. The minimum atomic E-state index is -4.62. The molecule has 2 N–H and O–H groups in total. The quantitative estimate of drug-likeness (QED) is 0.0344. The van der Waals surface area contributed by atoms with Crippen molar-refractivity contribution in [1.29, 1.82) is 5.26 Å². The van der Waals surface area contributed by atoms with Crippen LogP contribution in [0.1, 0.15) is 134 Å². The van der Waals surface area contributed by atoms with Gasteiger partial charge in [0, 0.05) is 24.0 Å². The summed E-state index contributed by atoms with van der Waals surface area (Å²) in [5.74, 6) is -1.08. The van der Waals surface area contributed by atoms with E-state index < -0.39 is 59.9 Å². The zero-order chi connectivity index (χ0) is 36.9. The van der Waals surface area contributed by atoms with Crippen LogP contribution in [0.15, 0.2) is 12.3 Å². The Hall–Kier alpha value is -2.27. The van der Waals surface area contributed by atoms with Crippen molar-refractivity contribution in [2.75, 3.05) is 23.4 Å². The van der Waals surface area contributed by atoms with Crippen molar-refractivity contribution in [3.05, 3.63) is 23.0 Å². The number of alkyl halides is 1. The summed E-state index contributed by atoms with van der Waals surface area (Å²) in [6, 6.07) is 3.66. The van der Waals surface area contributed by atoms with Crippen LogP contribution in [0.25, 0.3) is 11.0 Å². The highest BCUT2D eigenvalue weighted by Crippen LogP contribution is 2.44. The minimum absolute atomic E-state index is 0.0235. The average molecular weight is 775 g/mol. The minimum Gasteiger partial charge on any atom is -0.438 e. The lowest BCUT2D eigenvalue weighted by molar-refractivity contribution is -0.150. The third-order valence-electron chi connectivity index (χ3n) is 9.51. The predicted molar refractivity (Wildman–Crippen MR) is 195 cm³/mol. The fraction of sp³-hybridized carbons (Fsp3) is 0.743. The number of sulfone groups is 1. The fourth-order valence-corrected chi connectivity index (χ4v) is 10.6. The van der Waals surface area contributed by atoms with E-state index in [2.05, 4.69) is 23.3 Å². The molecule has 3 heterocycles. The highest BCUT2D eigenvalue weighted by Gasteiger charge is 2.36. The first-order valence-electron chi connectivity index (χ1n) is 18.4. The van der Waals surface area contributed by atoms with Crippen LogP contribution in [0.3, 0.4) is 0 Å². The molecule has 2 aromatic rings. The number of esters is 1. The summed E-state index contributed by atoms with van der Waals surface area (Å²) in [6.07, 6.45) is 16.4. The molecule has 51 heavy (non-hydrogen) atoms. The molecule has 286 valence electrons.